The molecular weight excluding hydrogens is 270 g/mol. The van der Waals surface area contributed by atoms with E-state index in [2.05, 4.69) is 17.2 Å². The summed E-state index contributed by atoms with van der Waals surface area (Å²) in [6.07, 6.45) is 1.64. The molecule has 1 N–H and O–H groups in total. The van der Waals surface area contributed by atoms with Gasteiger partial charge >= 0.3 is 0 Å². The molecule has 0 aliphatic heterocycles. The van der Waals surface area contributed by atoms with Crippen molar-refractivity contribution in [3.63, 3.8) is 0 Å². The number of rotatable bonds is 5. The van der Waals surface area contributed by atoms with E-state index < -0.39 is 6.10 Å². The van der Waals surface area contributed by atoms with E-state index in [9.17, 15) is 5.11 Å². The van der Waals surface area contributed by atoms with Gasteiger partial charge in [0.1, 0.15) is 11.6 Å². The Morgan fingerprint density at radius 3 is 2.95 bits per heavy atom. The molecule has 5 heteroatoms. The molecule has 0 aliphatic carbocycles. The van der Waals surface area contributed by atoms with E-state index in [1.54, 1.807) is 11.3 Å². The summed E-state index contributed by atoms with van der Waals surface area (Å²) in [6.45, 7) is 3.05. The van der Waals surface area contributed by atoms with Crippen LogP contribution in [0, 0.1) is 0 Å². The van der Waals surface area contributed by atoms with Crippen LogP contribution >= 0.6 is 11.3 Å². The van der Waals surface area contributed by atoms with Crippen LogP contribution in [0.1, 0.15) is 37.0 Å². The van der Waals surface area contributed by atoms with Gasteiger partial charge in [-0.2, -0.15) is 11.3 Å². The molecular formula is C15H17N3OS. The van der Waals surface area contributed by atoms with Gasteiger partial charge in [-0.15, -0.1) is 5.10 Å². The van der Waals surface area contributed by atoms with E-state index in [4.69, 9.17) is 0 Å². The smallest absolute Gasteiger partial charge is 0.113 e. The van der Waals surface area contributed by atoms with Crippen molar-refractivity contribution in [3.8, 4) is 0 Å². The zero-order valence-corrected chi connectivity index (χ0v) is 12.2. The highest BCUT2D eigenvalue weighted by Crippen LogP contribution is 2.26. The first-order chi connectivity index (χ1) is 9.79. The van der Waals surface area contributed by atoms with Gasteiger partial charge in [0.05, 0.1) is 5.52 Å². The lowest BCUT2D eigenvalue weighted by Crippen LogP contribution is -2.00. The maximum Gasteiger partial charge on any atom is 0.113 e. The zero-order valence-electron chi connectivity index (χ0n) is 11.4. The minimum absolute atomic E-state index is 0.591. The molecule has 0 radical (unpaired) electrons. The van der Waals surface area contributed by atoms with E-state index >= 15 is 0 Å². The Bertz CT molecular complexity index is 690. The molecule has 0 bridgehead atoms. The molecule has 3 aromatic rings. The minimum Gasteiger partial charge on any atom is -0.384 e. The van der Waals surface area contributed by atoms with Gasteiger partial charge in [0.25, 0.3) is 0 Å². The van der Waals surface area contributed by atoms with Crippen molar-refractivity contribution in [2.24, 2.45) is 0 Å². The number of hydrogen-bond acceptors (Lipinski definition) is 4. The molecule has 1 atom stereocenters. The van der Waals surface area contributed by atoms with Gasteiger partial charge in [-0.25, -0.2) is 4.68 Å². The Labute approximate surface area is 121 Å². The molecule has 1 unspecified atom stereocenters. The maximum absolute atomic E-state index is 10.3. The molecule has 0 saturated heterocycles. The molecule has 0 saturated carbocycles. The predicted molar refractivity (Wildman–Crippen MR) is 80.8 cm³/mol. The average molecular weight is 287 g/mol. The summed E-state index contributed by atoms with van der Waals surface area (Å²) in [5, 5.41) is 22.7. The van der Waals surface area contributed by atoms with E-state index in [1.807, 2.05) is 39.7 Å². The number of aromatic nitrogens is 3. The zero-order chi connectivity index (χ0) is 13.9. The van der Waals surface area contributed by atoms with Crippen molar-refractivity contribution in [2.75, 3.05) is 0 Å². The van der Waals surface area contributed by atoms with Crippen LogP contribution in [0.15, 0.2) is 35.0 Å². The lowest BCUT2D eigenvalue weighted by molar-refractivity contribution is 0.221. The van der Waals surface area contributed by atoms with E-state index in [-0.39, 0.29) is 0 Å². The van der Waals surface area contributed by atoms with Crippen LogP contribution in [0.2, 0.25) is 0 Å². The number of benzene rings is 1. The van der Waals surface area contributed by atoms with Crippen molar-refractivity contribution in [1.82, 2.24) is 15.0 Å². The van der Waals surface area contributed by atoms with Crippen LogP contribution in [0.4, 0.5) is 0 Å². The Balaban J connectivity index is 1.91. The summed E-state index contributed by atoms with van der Waals surface area (Å²) >= 11 is 1.59. The molecule has 20 heavy (non-hydrogen) atoms. The van der Waals surface area contributed by atoms with Crippen LogP contribution < -0.4 is 0 Å². The van der Waals surface area contributed by atoms with Gasteiger partial charge in [-0.3, -0.25) is 0 Å². The van der Waals surface area contributed by atoms with Crippen LogP contribution in [0.3, 0.4) is 0 Å². The number of fused-ring (bicyclic) bond motifs is 1. The third kappa shape index (κ3) is 2.46. The molecule has 0 spiro atoms. The lowest BCUT2D eigenvalue weighted by Gasteiger charge is -2.09. The summed E-state index contributed by atoms with van der Waals surface area (Å²) < 4.78 is 1.93. The van der Waals surface area contributed by atoms with Gasteiger partial charge in [0, 0.05) is 6.54 Å². The Kier molecular flexibility index (Phi) is 3.80. The van der Waals surface area contributed by atoms with Gasteiger partial charge in [0.15, 0.2) is 0 Å². The van der Waals surface area contributed by atoms with E-state index in [1.165, 1.54) is 0 Å². The van der Waals surface area contributed by atoms with Crippen molar-refractivity contribution in [1.29, 1.82) is 0 Å². The standard InChI is InChI=1S/C15H17N3OS/c1-2-3-7-18-14-5-4-11(9-13(14)16-17-18)15(19)12-6-8-20-10-12/h4-6,8-10,15,19H,2-3,7H2,1H3. The Morgan fingerprint density at radius 1 is 1.30 bits per heavy atom. The highest BCUT2D eigenvalue weighted by atomic mass is 32.1. The van der Waals surface area contributed by atoms with E-state index in [0.717, 1.165) is 41.5 Å². The fourth-order valence-electron chi connectivity index (χ4n) is 2.26. The molecule has 3 rings (SSSR count). The van der Waals surface area contributed by atoms with Gasteiger partial charge in [-0.05, 0) is 46.5 Å². The molecule has 104 valence electrons. The van der Waals surface area contributed by atoms with Gasteiger partial charge in [-0.1, -0.05) is 24.6 Å². The summed E-state index contributed by atoms with van der Waals surface area (Å²) in [7, 11) is 0. The number of nitrogens with zero attached hydrogens (tertiary/aromatic N) is 3. The molecule has 0 fully saturated rings. The highest BCUT2D eigenvalue weighted by Gasteiger charge is 2.13. The van der Waals surface area contributed by atoms with E-state index in [0.29, 0.717) is 0 Å². The monoisotopic (exact) mass is 287 g/mol. The molecule has 0 aliphatic rings. The maximum atomic E-state index is 10.3. The minimum atomic E-state index is -0.591. The van der Waals surface area contributed by atoms with Crippen LogP contribution in [0.5, 0.6) is 0 Å². The van der Waals surface area contributed by atoms with Gasteiger partial charge < -0.3 is 5.11 Å². The molecule has 2 aromatic heterocycles. The first-order valence-electron chi connectivity index (χ1n) is 6.83. The van der Waals surface area contributed by atoms with Crippen molar-refractivity contribution in [3.05, 3.63) is 46.2 Å². The Hall–Kier alpha value is -1.72. The second-order valence-corrected chi connectivity index (χ2v) is 5.65. The first-order valence-corrected chi connectivity index (χ1v) is 7.77. The average Bonchev–Trinajstić information content (AvgIpc) is 3.13. The molecule has 1 aromatic carbocycles. The fraction of sp³-hybridized carbons (Fsp3) is 0.333. The molecule has 2 heterocycles. The highest BCUT2D eigenvalue weighted by molar-refractivity contribution is 7.07. The van der Waals surface area contributed by atoms with Crippen LogP contribution in [-0.2, 0) is 6.54 Å². The Morgan fingerprint density at radius 2 is 2.20 bits per heavy atom. The molecule has 4 nitrogen and oxygen atoms in total. The number of thiophene rings is 1. The van der Waals surface area contributed by atoms with Crippen LogP contribution in [0.25, 0.3) is 11.0 Å². The van der Waals surface area contributed by atoms with Crippen molar-refractivity contribution < 1.29 is 5.11 Å². The van der Waals surface area contributed by atoms with Gasteiger partial charge in [0.2, 0.25) is 0 Å². The third-order valence-electron chi connectivity index (χ3n) is 3.44. The van der Waals surface area contributed by atoms with Crippen LogP contribution in [-0.4, -0.2) is 20.1 Å². The number of aliphatic hydroxyl groups is 1. The first kappa shape index (κ1) is 13.3. The lowest BCUT2D eigenvalue weighted by atomic mass is 10.0. The van der Waals surface area contributed by atoms with Crippen molar-refractivity contribution >= 4 is 22.4 Å². The largest absolute Gasteiger partial charge is 0.384 e. The SMILES string of the molecule is CCCCn1nnc2cc(C(O)c3ccsc3)ccc21. The third-order valence-corrected chi connectivity index (χ3v) is 4.14. The summed E-state index contributed by atoms with van der Waals surface area (Å²) in [5.74, 6) is 0. The topological polar surface area (TPSA) is 50.9 Å². The number of aliphatic hydroxyl groups excluding tert-OH is 1. The predicted octanol–water partition coefficient (Wildman–Crippen LogP) is 3.37. The summed E-state index contributed by atoms with van der Waals surface area (Å²) in [6, 6.07) is 7.82. The number of hydrogen-bond donors (Lipinski definition) is 1. The fourth-order valence-corrected chi connectivity index (χ4v) is 2.93. The quantitative estimate of drug-likeness (QED) is 0.782. The summed E-state index contributed by atoms with van der Waals surface area (Å²) in [5.41, 5.74) is 3.65. The number of aryl methyl sites for hydroxylation is 1. The number of unbranched alkanes of at least 4 members (excludes halogenated alkanes) is 1. The van der Waals surface area contributed by atoms with Crippen molar-refractivity contribution in [2.45, 2.75) is 32.4 Å². The second-order valence-electron chi connectivity index (χ2n) is 4.87. The molecule has 0 amide bonds. The normalized spacial score (nSPS) is 12.9. The second kappa shape index (κ2) is 5.73. The summed E-state index contributed by atoms with van der Waals surface area (Å²) in [4.78, 5) is 0.